The molecular formula is C8H8O5S. The van der Waals surface area contributed by atoms with E-state index in [4.69, 9.17) is 4.55 Å². The van der Waals surface area contributed by atoms with Crippen molar-refractivity contribution in [2.24, 2.45) is 0 Å². The van der Waals surface area contributed by atoms with Gasteiger partial charge in [0.15, 0.2) is 11.5 Å². The summed E-state index contributed by atoms with van der Waals surface area (Å²) < 4.78 is 33.4. The molecule has 0 unspecified atom stereocenters. The Morgan fingerprint density at radius 1 is 1.43 bits per heavy atom. The monoisotopic (exact) mass is 216 g/mol. The molecule has 2 N–H and O–H groups in total. The van der Waals surface area contributed by atoms with Gasteiger partial charge in [-0.1, -0.05) is 24.8 Å². The number of benzene rings is 1. The molecule has 0 saturated carbocycles. The summed E-state index contributed by atoms with van der Waals surface area (Å²) in [5, 5.41) is 9.24. The molecule has 0 aromatic heterocycles. The zero-order chi connectivity index (χ0) is 10.8. The summed E-state index contributed by atoms with van der Waals surface area (Å²) in [4.78, 5) is 0. The Morgan fingerprint density at radius 2 is 2.07 bits per heavy atom. The lowest BCUT2D eigenvalue weighted by molar-refractivity contribution is 0.370. The summed E-state index contributed by atoms with van der Waals surface area (Å²) in [5.74, 6) is -0.731. The van der Waals surface area contributed by atoms with Crippen LogP contribution in [-0.2, 0) is 10.4 Å². The average molecular weight is 216 g/mol. The molecule has 5 nitrogen and oxygen atoms in total. The average Bonchev–Trinajstić information content (AvgIpc) is 2.06. The fourth-order valence-corrected chi connectivity index (χ4v) is 1.29. The number of phenols is 1. The van der Waals surface area contributed by atoms with Crippen molar-refractivity contribution in [3.63, 3.8) is 0 Å². The zero-order valence-electron chi connectivity index (χ0n) is 7.04. The molecule has 6 heteroatoms. The first-order valence-corrected chi connectivity index (χ1v) is 4.92. The van der Waals surface area contributed by atoms with Gasteiger partial charge in [0, 0.05) is 5.56 Å². The molecular weight excluding hydrogens is 208 g/mol. The van der Waals surface area contributed by atoms with Crippen molar-refractivity contribution < 1.29 is 22.3 Å². The highest BCUT2D eigenvalue weighted by atomic mass is 32.3. The Labute approximate surface area is 81.2 Å². The quantitative estimate of drug-likeness (QED) is 0.742. The maximum absolute atomic E-state index is 10.4. The van der Waals surface area contributed by atoms with Gasteiger partial charge in [-0.2, -0.15) is 8.42 Å². The molecule has 0 aliphatic carbocycles. The molecule has 0 fully saturated rings. The van der Waals surface area contributed by atoms with Crippen LogP contribution >= 0.6 is 0 Å². The molecule has 0 radical (unpaired) electrons. The van der Waals surface area contributed by atoms with Crippen LogP contribution in [0.2, 0.25) is 0 Å². The van der Waals surface area contributed by atoms with Gasteiger partial charge in [-0.3, -0.25) is 4.55 Å². The first kappa shape index (κ1) is 10.6. The molecule has 1 rings (SSSR count). The molecule has 0 bridgehead atoms. The summed E-state index contributed by atoms with van der Waals surface area (Å²) >= 11 is 0. The molecule has 0 saturated heterocycles. The molecule has 1 aromatic carbocycles. The van der Waals surface area contributed by atoms with Crippen LogP contribution in [0.15, 0.2) is 24.8 Å². The van der Waals surface area contributed by atoms with Crippen LogP contribution in [0.4, 0.5) is 0 Å². The van der Waals surface area contributed by atoms with Crippen molar-refractivity contribution in [1.82, 2.24) is 0 Å². The predicted molar refractivity (Wildman–Crippen MR) is 50.4 cm³/mol. The van der Waals surface area contributed by atoms with E-state index in [0.29, 0.717) is 0 Å². The predicted octanol–water partition coefficient (Wildman–Crippen LogP) is 1.22. The number of hydrogen-bond acceptors (Lipinski definition) is 4. The first-order valence-electron chi connectivity index (χ1n) is 3.55. The van der Waals surface area contributed by atoms with E-state index in [9.17, 15) is 13.5 Å². The van der Waals surface area contributed by atoms with E-state index in [1.54, 1.807) is 0 Å². The highest BCUT2D eigenvalue weighted by Gasteiger charge is 2.13. The maximum atomic E-state index is 10.4. The van der Waals surface area contributed by atoms with Gasteiger partial charge in [-0.25, -0.2) is 0 Å². The second kappa shape index (κ2) is 3.69. The van der Waals surface area contributed by atoms with Crippen molar-refractivity contribution in [2.45, 2.75) is 0 Å². The van der Waals surface area contributed by atoms with Gasteiger partial charge >= 0.3 is 10.4 Å². The van der Waals surface area contributed by atoms with Crippen LogP contribution in [0.25, 0.3) is 6.08 Å². The lowest BCUT2D eigenvalue weighted by Gasteiger charge is -2.06. The third-order valence-corrected chi connectivity index (χ3v) is 1.81. The largest absolute Gasteiger partial charge is 0.504 e. The summed E-state index contributed by atoms with van der Waals surface area (Å²) in [6.07, 6.45) is 1.29. The van der Waals surface area contributed by atoms with Gasteiger partial charge in [0.1, 0.15) is 0 Å². The van der Waals surface area contributed by atoms with Crippen LogP contribution in [0, 0.1) is 0 Å². The maximum Gasteiger partial charge on any atom is 0.446 e. The zero-order valence-corrected chi connectivity index (χ0v) is 7.86. The fraction of sp³-hybridized carbons (Fsp3) is 0. The summed E-state index contributed by atoms with van der Waals surface area (Å²) in [7, 11) is -4.64. The Bertz CT molecular complexity index is 449. The standard InChI is InChI=1S/C8H8O5S/c1-2-6-4-3-5-7(9)8(6)13-14(10,11)12/h2-5,9H,1H2,(H,10,11,12). The van der Waals surface area contributed by atoms with Gasteiger partial charge < -0.3 is 9.29 Å². The lowest BCUT2D eigenvalue weighted by Crippen LogP contribution is -2.07. The van der Waals surface area contributed by atoms with Crippen molar-refractivity contribution in [1.29, 1.82) is 0 Å². The second-order valence-electron chi connectivity index (χ2n) is 2.41. The molecule has 1 aromatic rings. The van der Waals surface area contributed by atoms with Crippen LogP contribution in [0.1, 0.15) is 5.56 Å². The number of aromatic hydroxyl groups is 1. The summed E-state index contributed by atoms with van der Waals surface area (Å²) in [6, 6.07) is 4.20. The van der Waals surface area contributed by atoms with Crippen LogP contribution < -0.4 is 4.18 Å². The third kappa shape index (κ3) is 2.48. The van der Waals surface area contributed by atoms with Crippen LogP contribution in [0.5, 0.6) is 11.5 Å². The summed E-state index contributed by atoms with van der Waals surface area (Å²) in [6.45, 7) is 3.40. The molecule has 0 aliphatic heterocycles. The van der Waals surface area contributed by atoms with E-state index in [2.05, 4.69) is 10.8 Å². The first-order chi connectivity index (χ1) is 6.44. The van der Waals surface area contributed by atoms with Crippen molar-refractivity contribution >= 4 is 16.5 Å². The van der Waals surface area contributed by atoms with Crippen molar-refractivity contribution in [2.75, 3.05) is 0 Å². The van der Waals surface area contributed by atoms with E-state index < -0.39 is 10.4 Å². The SMILES string of the molecule is C=Cc1cccc(O)c1OS(=O)(=O)O. The highest BCUT2D eigenvalue weighted by Crippen LogP contribution is 2.31. The minimum absolute atomic E-state index is 0.266. The molecule has 0 amide bonds. The molecule has 0 aliphatic rings. The van der Waals surface area contributed by atoms with Gasteiger partial charge in [0.05, 0.1) is 0 Å². The van der Waals surface area contributed by atoms with E-state index >= 15 is 0 Å². The Balaban J connectivity index is 3.24. The van der Waals surface area contributed by atoms with Gasteiger partial charge in [-0.05, 0) is 6.07 Å². The fourth-order valence-electron chi connectivity index (χ4n) is 0.899. The number of phenolic OH excluding ortho intramolecular Hbond substituents is 1. The van der Waals surface area contributed by atoms with Gasteiger partial charge in [0.2, 0.25) is 0 Å². The highest BCUT2D eigenvalue weighted by molar-refractivity contribution is 7.81. The number of para-hydroxylation sites is 1. The van der Waals surface area contributed by atoms with Crippen molar-refractivity contribution in [3.05, 3.63) is 30.3 Å². The second-order valence-corrected chi connectivity index (χ2v) is 3.43. The van der Waals surface area contributed by atoms with Crippen molar-refractivity contribution in [3.8, 4) is 11.5 Å². The minimum atomic E-state index is -4.64. The third-order valence-electron chi connectivity index (χ3n) is 1.43. The Hall–Kier alpha value is -1.53. The van der Waals surface area contributed by atoms with E-state index in [1.165, 1.54) is 24.3 Å². The van der Waals surface area contributed by atoms with Crippen LogP contribution in [-0.4, -0.2) is 18.1 Å². The molecule has 0 heterocycles. The van der Waals surface area contributed by atoms with Gasteiger partial charge in [-0.15, -0.1) is 0 Å². The van der Waals surface area contributed by atoms with E-state index in [1.807, 2.05) is 0 Å². The minimum Gasteiger partial charge on any atom is -0.504 e. The van der Waals surface area contributed by atoms with E-state index in [-0.39, 0.29) is 17.1 Å². The molecule has 76 valence electrons. The molecule has 0 atom stereocenters. The smallest absolute Gasteiger partial charge is 0.446 e. The van der Waals surface area contributed by atoms with Gasteiger partial charge in [0.25, 0.3) is 0 Å². The topological polar surface area (TPSA) is 83.8 Å². The van der Waals surface area contributed by atoms with Crippen LogP contribution in [0.3, 0.4) is 0 Å². The molecule has 0 spiro atoms. The Morgan fingerprint density at radius 3 is 2.57 bits per heavy atom. The Kier molecular flexibility index (Phi) is 2.78. The molecule has 14 heavy (non-hydrogen) atoms. The number of rotatable bonds is 3. The normalized spacial score (nSPS) is 10.9. The lowest BCUT2D eigenvalue weighted by atomic mass is 10.2. The summed E-state index contributed by atoms with van der Waals surface area (Å²) in [5.41, 5.74) is 0.266. The number of hydrogen-bond donors (Lipinski definition) is 2. The van der Waals surface area contributed by atoms with E-state index in [0.717, 1.165) is 0 Å².